The van der Waals surface area contributed by atoms with Gasteiger partial charge in [0.25, 0.3) is 0 Å². The normalized spacial score (nSPS) is 12.3. The number of hydrogen-bond donors (Lipinski definition) is 0. The van der Waals surface area contributed by atoms with Gasteiger partial charge in [0.05, 0.1) is 16.6 Å². The van der Waals surface area contributed by atoms with Crippen LogP contribution >= 0.6 is 0 Å². The summed E-state index contributed by atoms with van der Waals surface area (Å²) in [6.07, 6.45) is 0. The third-order valence-electron chi connectivity index (χ3n) is 5.09. The highest BCUT2D eigenvalue weighted by Gasteiger charge is 2.18. The smallest absolute Gasteiger partial charge is 0.0620 e. The highest BCUT2D eigenvalue weighted by molar-refractivity contribution is 6.27. The van der Waals surface area contributed by atoms with E-state index in [1.165, 1.54) is 48.9 Å². The maximum absolute atomic E-state index is 2.46. The molecule has 0 amide bonds. The molecule has 0 fully saturated rings. The molecule has 6 aromatic rings. The third kappa shape index (κ3) is 1.25. The number of pyridine rings is 1. The minimum absolute atomic E-state index is 1.31. The van der Waals surface area contributed by atoms with Gasteiger partial charge in [-0.05, 0) is 11.5 Å². The van der Waals surface area contributed by atoms with Crippen LogP contribution in [-0.2, 0) is 0 Å². The first-order chi connectivity index (χ1) is 11.4. The van der Waals surface area contributed by atoms with Crippen molar-refractivity contribution in [2.45, 2.75) is 0 Å². The second-order valence-corrected chi connectivity index (χ2v) is 6.24. The zero-order chi connectivity index (χ0) is 15.0. The average molecular weight is 291 g/mol. The standard InChI is InChI=1S/C22H13N/c1-2-8-15-14(7-1)13-20-16-9-3-4-10-17(16)22-19-12-6-5-11-18(19)21(15)23(20)22/h1-13H. The highest BCUT2D eigenvalue weighted by atomic mass is 14.9. The molecule has 3 aromatic carbocycles. The molecule has 0 unspecified atom stereocenters. The topological polar surface area (TPSA) is 4.41 Å². The van der Waals surface area contributed by atoms with Crippen molar-refractivity contribution in [1.82, 2.24) is 4.40 Å². The molecule has 0 aliphatic heterocycles. The SMILES string of the molecule is c1ccc2c(c1)cc1c3ccccc3c3c4ccccc4c2n13. The molecule has 0 saturated heterocycles. The van der Waals surface area contributed by atoms with E-state index in [2.05, 4.69) is 83.3 Å². The van der Waals surface area contributed by atoms with Gasteiger partial charge in [0.2, 0.25) is 0 Å². The van der Waals surface area contributed by atoms with Gasteiger partial charge >= 0.3 is 0 Å². The highest BCUT2D eigenvalue weighted by Crippen LogP contribution is 2.41. The summed E-state index contributed by atoms with van der Waals surface area (Å²) >= 11 is 0. The lowest BCUT2D eigenvalue weighted by atomic mass is 10.0. The van der Waals surface area contributed by atoms with E-state index < -0.39 is 0 Å². The summed E-state index contributed by atoms with van der Waals surface area (Å²) in [5, 5.41) is 8.00. The lowest BCUT2D eigenvalue weighted by Gasteiger charge is -2.04. The van der Waals surface area contributed by atoms with Crippen molar-refractivity contribution in [1.29, 1.82) is 0 Å². The summed E-state index contributed by atoms with van der Waals surface area (Å²) in [6.45, 7) is 0. The minimum Gasteiger partial charge on any atom is -0.307 e. The summed E-state index contributed by atoms with van der Waals surface area (Å²) in [5.74, 6) is 0. The first-order valence-corrected chi connectivity index (χ1v) is 7.98. The lowest BCUT2D eigenvalue weighted by Crippen LogP contribution is -1.84. The molecule has 0 N–H and O–H groups in total. The van der Waals surface area contributed by atoms with Crippen molar-refractivity contribution in [2.75, 3.05) is 0 Å². The molecule has 23 heavy (non-hydrogen) atoms. The molecular weight excluding hydrogens is 278 g/mol. The molecule has 3 heterocycles. The van der Waals surface area contributed by atoms with Gasteiger partial charge in [0.15, 0.2) is 0 Å². The molecule has 0 spiro atoms. The van der Waals surface area contributed by atoms with E-state index in [1.807, 2.05) is 0 Å². The van der Waals surface area contributed by atoms with Crippen molar-refractivity contribution in [2.24, 2.45) is 0 Å². The van der Waals surface area contributed by atoms with E-state index in [0.29, 0.717) is 0 Å². The van der Waals surface area contributed by atoms with Gasteiger partial charge in [-0.25, -0.2) is 0 Å². The van der Waals surface area contributed by atoms with Gasteiger partial charge in [0, 0.05) is 26.9 Å². The molecule has 0 aliphatic rings. The molecule has 6 rings (SSSR count). The molecule has 0 radical (unpaired) electrons. The fraction of sp³-hybridized carbons (Fsp3) is 0. The Balaban J connectivity index is 2.15. The zero-order valence-electron chi connectivity index (χ0n) is 12.5. The molecule has 0 bridgehead atoms. The Bertz CT molecular complexity index is 1330. The summed E-state index contributed by atoms with van der Waals surface area (Å²) in [6, 6.07) is 28.6. The number of hydrogen-bond acceptors (Lipinski definition) is 0. The van der Waals surface area contributed by atoms with Crippen molar-refractivity contribution < 1.29 is 0 Å². The van der Waals surface area contributed by atoms with Crippen molar-refractivity contribution in [3.8, 4) is 0 Å². The van der Waals surface area contributed by atoms with Crippen LogP contribution in [0.3, 0.4) is 0 Å². The predicted octanol–water partition coefficient (Wildman–Crippen LogP) is 5.99. The Kier molecular flexibility index (Phi) is 1.91. The van der Waals surface area contributed by atoms with Crippen molar-refractivity contribution >= 4 is 48.9 Å². The van der Waals surface area contributed by atoms with Crippen molar-refractivity contribution in [3.63, 3.8) is 0 Å². The number of fused-ring (bicyclic) bond motifs is 8. The van der Waals surface area contributed by atoms with Crippen LogP contribution in [0, 0.1) is 0 Å². The largest absolute Gasteiger partial charge is 0.307 e. The molecule has 1 nitrogen and oxygen atoms in total. The Labute approximate surface area is 132 Å². The maximum atomic E-state index is 2.46. The summed E-state index contributed by atoms with van der Waals surface area (Å²) in [4.78, 5) is 0. The van der Waals surface area contributed by atoms with E-state index in [9.17, 15) is 0 Å². The fourth-order valence-electron chi connectivity index (χ4n) is 4.18. The van der Waals surface area contributed by atoms with E-state index in [1.54, 1.807) is 0 Å². The molecule has 1 heteroatoms. The second-order valence-electron chi connectivity index (χ2n) is 6.24. The Hall–Kier alpha value is -3.06. The average Bonchev–Trinajstić information content (AvgIpc) is 3.12. The Morgan fingerprint density at radius 2 is 0.957 bits per heavy atom. The van der Waals surface area contributed by atoms with Crippen LogP contribution < -0.4 is 0 Å². The summed E-state index contributed by atoms with van der Waals surface area (Å²) < 4.78 is 2.46. The fourth-order valence-corrected chi connectivity index (χ4v) is 4.18. The van der Waals surface area contributed by atoms with Gasteiger partial charge in [0.1, 0.15) is 0 Å². The van der Waals surface area contributed by atoms with Crippen LogP contribution in [0.25, 0.3) is 48.9 Å². The van der Waals surface area contributed by atoms with E-state index in [4.69, 9.17) is 0 Å². The minimum atomic E-state index is 1.31. The lowest BCUT2D eigenvalue weighted by molar-refractivity contribution is 1.38. The number of aromatic nitrogens is 1. The van der Waals surface area contributed by atoms with Gasteiger partial charge in [-0.1, -0.05) is 72.8 Å². The van der Waals surface area contributed by atoms with Crippen LogP contribution in [0.1, 0.15) is 0 Å². The van der Waals surface area contributed by atoms with E-state index in [-0.39, 0.29) is 0 Å². The maximum Gasteiger partial charge on any atom is 0.0620 e. The van der Waals surface area contributed by atoms with Crippen molar-refractivity contribution in [3.05, 3.63) is 78.9 Å². The number of nitrogens with zero attached hydrogens (tertiary/aromatic N) is 1. The van der Waals surface area contributed by atoms with E-state index in [0.717, 1.165) is 0 Å². The van der Waals surface area contributed by atoms with Gasteiger partial charge in [-0.15, -0.1) is 0 Å². The first kappa shape index (κ1) is 11.5. The van der Waals surface area contributed by atoms with E-state index >= 15 is 0 Å². The molecule has 0 atom stereocenters. The molecule has 0 saturated carbocycles. The van der Waals surface area contributed by atoms with Gasteiger partial charge in [-0.2, -0.15) is 0 Å². The van der Waals surface area contributed by atoms with Crippen LogP contribution in [0.15, 0.2) is 78.9 Å². The molecule has 3 aromatic heterocycles. The van der Waals surface area contributed by atoms with Gasteiger partial charge in [-0.3, -0.25) is 0 Å². The Morgan fingerprint density at radius 1 is 0.478 bits per heavy atom. The van der Waals surface area contributed by atoms with Crippen LogP contribution in [0.2, 0.25) is 0 Å². The van der Waals surface area contributed by atoms with Crippen LogP contribution in [0.5, 0.6) is 0 Å². The Morgan fingerprint density at radius 3 is 1.65 bits per heavy atom. The predicted molar refractivity (Wildman–Crippen MR) is 98.6 cm³/mol. The zero-order valence-corrected chi connectivity index (χ0v) is 12.5. The van der Waals surface area contributed by atoms with Crippen LogP contribution in [0.4, 0.5) is 0 Å². The number of benzene rings is 3. The number of rotatable bonds is 0. The third-order valence-corrected chi connectivity index (χ3v) is 5.09. The summed E-state index contributed by atoms with van der Waals surface area (Å²) in [7, 11) is 0. The molecular formula is C22H13N. The second kappa shape index (κ2) is 3.82. The molecule has 0 aliphatic carbocycles. The first-order valence-electron chi connectivity index (χ1n) is 7.98. The molecule has 106 valence electrons. The quantitative estimate of drug-likeness (QED) is 0.324. The van der Waals surface area contributed by atoms with Gasteiger partial charge < -0.3 is 4.40 Å². The summed E-state index contributed by atoms with van der Waals surface area (Å²) in [5.41, 5.74) is 3.98. The van der Waals surface area contributed by atoms with Crippen LogP contribution in [-0.4, -0.2) is 4.40 Å². The monoisotopic (exact) mass is 291 g/mol.